The molecule has 8 nitrogen and oxygen atoms in total. The number of nitrogens with two attached hydrogens (primary N) is 1. The van der Waals surface area contributed by atoms with Crippen molar-refractivity contribution in [2.75, 3.05) is 32.5 Å². The largest absolute Gasteiger partial charge is 0.489 e. The summed E-state index contributed by atoms with van der Waals surface area (Å²) in [5, 5.41) is 11.8. The first kappa shape index (κ1) is 21.3. The fraction of sp³-hybridized carbons (Fsp3) is 0.318. The molecule has 0 aliphatic carbocycles. The minimum atomic E-state index is -0.639. The van der Waals surface area contributed by atoms with E-state index in [0.29, 0.717) is 36.6 Å². The van der Waals surface area contributed by atoms with Gasteiger partial charge in [0.1, 0.15) is 24.1 Å². The van der Waals surface area contributed by atoms with Gasteiger partial charge in [-0.3, -0.25) is 14.6 Å². The highest BCUT2D eigenvalue weighted by Gasteiger charge is 2.33. The number of carbonyl (C=O) groups is 2. The maximum Gasteiger partial charge on any atom is 0.270 e. The van der Waals surface area contributed by atoms with Gasteiger partial charge in [-0.1, -0.05) is 30.3 Å². The quantitative estimate of drug-likeness (QED) is 0.443. The zero-order valence-electron chi connectivity index (χ0n) is 16.9. The maximum absolute atomic E-state index is 12.8. The van der Waals surface area contributed by atoms with Crippen LogP contribution in [-0.4, -0.2) is 60.3 Å². The van der Waals surface area contributed by atoms with Crippen LogP contribution in [0, 0.1) is 0 Å². The lowest BCUT2D eigenvalue weighted by atomic mass is 10.1. The zero-order valence-corrected chi connectivity index (χ0v) is 16.9. The summed E-state index contributed by atoms with van der Waals surface area (Å²) >= 11 is 0. The number of amides is 2. The monoisotopic (exact) mass is 410 g/mol. The van der Waals surface area contributed by atoms with E-state index < -0.39 is 11.9 Å². The number of aliphatic hydroxyl groups excluding tert-OH is 1. The second-order valence-corrected chi connectivity index (χ2v) is 6.96. The molecule has 1 heterocycles. The topological polar surface area (TPSA) is 117 Å². The normalized spacial score (nSPS) is 16.6. The lowest BCUT2D eigenvalue weighted by molar-refractivity contribution is -0.131. The van der Waals surface area contributed by atoms with Gasteiger partial charge in [-0.05, 0) is 30.2 Å². The summed E-state index contributed by atoms with van der Waals surface area (Å²) in [7, 11) is 1.50. The van der Waals surface area contributed by atoms with Gasteiger partial charge in [-0.2, -0.15) is 0 Å². The van der Waals surface area contributed by atoms with Crippen LogP contribution in [0.3, 0.4) is 0 Å². The fourth-order valence-electron chi connectivity index (χ4n) is 3.36. The predicted octanol–water partition coefficient (Wildman–Crippen LogP) is 0.976. The van der Waals surface area contributed by atoms with Gasteiger partial charge >= 0.3 is 0 Å². The van der Waals surface area contributed by atoms with E-state index in [0.717, 1.165) is 5.56 Å². The number of hydrogen-bond donors (Lipinski definition) is 3. The molecule has 0 saturated carbocycles. The molecule has 4 N–H and O–H groups in total. The van der Waals surface area contributed by atoms with Crippen molar-refractivity contribution in [3.8, 4) is 5.75 Å². The highest BCUT2D eigenvalue weighted by Crippen LogP contribution is 2.22. The summed E-state index contributed by atoms with van der Waals surface area (Å²) in [5.74, 6) is -0.127. The van der Waals surface area contributed by atoms with Crippen LogP contribution in [0.1, 0.15) is 17.5 Å². The fourth-order valence-corrected chi connectivity index (χ4v) is 3.36. The third kappa shape index (κ3) is 4.96. The minimum Gasteiger partial charge on any atom is -0.489 e. The summed E-state index contributed by atoms with van der Waals surface area (Å²) in [5.41, 5.74) is 8.07. The number of likely N-dealkylation sites (tertiary alicyclic amines) is 1. The number of β-amino-alcohol motifs (C(OH)–C–C–N with tert-alkyl or cyclic N) is 1. The second kappa shape index (κ2) is 9.89. The third-order valence-corrected chi connectivity index (χ3v) is 4.94. The number of ether oxygens (including phenoxy) is 1. The van der Waals surface area contributed by atoms with E-state index in [4.69, 9.17) is 15.6 Å². The molecular weight excluding hydrogens is 384 g/mol. The molecule has 2 aromatic rings. The molecule has 3 rings (SSSR count). The zero-order chi connectivity index (χ0) is 21.5. The average molecular weight is 410 g/mol. The van der Waals surface area contributed by atoms with Crippen LogP contribution in [0.15, 0.2) is 53.5 Å². The van der Waals surface area contributed by atoms with Crippen molar-refractivity contribution in [3.63, 3.8) is 0 Å². The highest BCUT2D eigenvalue weighted by atomic mass is 16.5. The van der Waals surface area contributed by atoms with Crippen LogP contribution in [0.5, 0.6) is 5.75 Å². The molecule has 1 unspecified atom stereocenters. The van der Waals surface area contributed by atoms with E-state index in [1.54, 1.807) is 18.2 Å². The molecule has 1 aliphatic rings. The lowest BCUT2D eigenvalue weighted by Gasteiger charge is -2.17. The van der Waals surface area contributed by atoms with Crippen LogP contribution in [0.25, 0.3) is 0 Å². The first-order chi connectivity index (χ1) is 14.5. The molecule has 30 heavy (non-hydrogen) atoms. The van der Waals surface area contributed by atoms with Gasteiger partial charge in [-0.25, -0.2) is 0 Å². The average Bonchev–Trinajstić information content (AvgIpc) is 3.09. The van der Waals surface area contributed by atoms with Gasteiger partial charge in [0.25, 0.3) is 5.91 Å². The first-order valence-corrected chi connectivity index (χ1v) is 9.77. The molecule has 158 valence electrons. The molecule has 8 heteroatoms. The van der Waals surface area contributed by atoms with Gasteiger partial charge in [0.15, 0.2) is 0 Å². The Morgan fingerprint density at radius 1 is 1.30 bits per heavy atom. The third-order valence-electron chi connectivity index (χ3n) is 4.94. The van der Waals surface area contributed by atoms with Gasteiger partial charge in [0.2, 0.25) is 5.91 Å². The summed E-state index contributed by atoms with van der Waals surface area (Å²) in [6.07, 6.45) is 0.483. The Kier molecular flexibility index (Phi) is 7.03. The number of nitrogens with one attached hydrogen (secondary N) is 1. The first-order valence-electron chi connectivity index (χ1n) is 9.77. The minimum absolute atomic E-state index is 0.111. The van der Waals surface area contributed by atoms with Crippen LogP contribution in [0.4, 0.5) is 5.69 Å². The highest BCUT2D eigenvalue weighted by molar-refractivity contribution is 6.46. The Morgan fingerprint density at radius 3 is 2.77 bits per heavy atom. The van der Waals surface area contributed by atoms with Crippen molar-refractivity contribution in [3.05, 3.63) is 59.7 Å². The number of hydrogen-bond acceptors (Lipinski definition) is 6. The number of rotatable bonds is 8. The number of anilines is 1. The van der Waals surface area contributed by atoms with Gasteiger partial charge in [0, 0.05) is 31.4 Å². The second-order valence-electron chi connectivity index (χ2n) is 6.96. The number of nitrogens with zero attached hydrogens (tertiary/aromatic N) is 2. The van der Waals surface area contributed by atoms with Crippen LogP contribution >= 0.6 is 0 Å². The SMILES string of the molecule is CN=C(C(=O)NC1CCN(CCO)C1=O)c1cc(OCc2ccccc2)ccc1N. The molecular formula is C22H26N4O4. The summed E-state index contributed by atoms with van der Waals surface area (Å²) in [4.78, 5) is 30.8. The molecule has 0 radical (unpaired) electrons. The van der Waals surface area contributed by atoms with Crippen LogP contribution < -0.4 is 15.8 Å². The standard InChI is InChI=1S/C22H26N4O4/c1-24-20(21(28)25-19-9-10-26(11-12-27)22(19)29)17-13-16(7-8-18(17)23)30-14-15-5-3-2-4-6-15/h2-8,13,19,27H,9-12,14,23H2,1H3,(H,25,28). The van der Waals surface area contributed by atoms with Crippen LogP contribution in [-0.2, 0) is 16.2 Å². The van der Waals surface area contributed by atoms with E-state index >= 15 is 0 Å². The maximum atomic E-state index is 12.8. The smallest absolute Gasteiger partial charge is 0.270 e. The number of nitrogen functional groups attached to an aromatic ring is 1. The van der Waals surface area contributed by atoms with Crippen molar-refractivity contribution in [2.45, 2.75) is 19.1 Å². The van der Waals surface area contributed by atoms with E-state index in [9.17, 15) is 9.59 Å². The van der Waals surface area contributed by atoms with Crippen molar-refractivity contribution >= 4 is 23.2 Å². The Hall–Kier alpha value is -3.39. The number of carbonyl (C=O) groups excluding carboxylic acids is 2. The number of aliphatic hydroxyl groups is 1. The molecule has 0 spiro atoms. The van der Waals surface area contributed by atoms with Gasteiger partial charge in [-0.15, -0.1) is 0 Å². The van der Waals surface area contributed by atoms with Crippen molar-refractivity contribution in [2.24, 2.45) is 4.99 Å². The predicted molar refractivity (Wildman–Crippen MR) is 114 cm³/mol. The molecule has 2 aromatic carbocycles. The molecule has 2 amide bonds. The molecule has 1 saturated heterocycles. The van der Waals surface area contributed by atoms with Crippen molar-refractivity contribution < 1.29 is 19.4 Å². The van der Waals surface area contributed by atoms with E-state index in [1.165, 1.54) is 11.9 Å². The van der Waals surface area contributed by atoms with Crippen LogP contribution in [0.2, 0.25) is 0 Å². The molecule has 1 aliphatic heterocycles. The van der Waals surface area contributed by atoms with Gasteiger partial charge < -0.3 is 25.8 Å². The Balaban J connectivity index is 1.71. The summed E-state index contributed by atoms with van der Waals surface area (Å²) in [6.45, 7) is 1.02. The van der Waals surface area contributed by atoms with Gasteiger partial charge in [0.05, 0.1) is 6.61 Å². The van der Waals surface area contributed by atoms with E-state index in [-0.39, 0.29) is 24.8 Å². The Morgan fingerprint density at radius 2 is 2.07 bits per heavy atom. The summed E-state index contributed by atoms with van der Waals surface area (Å²) < 4.78 is 5.83. The van der Waals surface area contributed by atoms with Crippen molar-refractivity contribution in [1.82, 2.24) is 10.2 Å². The van der Waals surface area contributed by atoms with E-state index in [2.05, 4.69) is 10.3 Å². The summed E-state index contributed by atoms with van der Waals surface area (Å²) in [6, 6.07) is 14.2. The number of aliphatic imine (C=N–C) groups is 1. The molecule has 1 fully saturated rings. The molecule has 0 bridgehead atoms. The lowest BCUT2D eigenvalue weighted by Crippen LogP contribution is -2.45. The molecule has 1 atom stereocenters. The Bertz CT molecular complexity index is 930. The van der Waals surface area contributed by atoms with E-state index in [1.807, 2.05) is 30.3 Å². The molecule has 0 aromatic heterocycles. The van der Waals surface area contributed by atoms with Crippen molar-refractivity contribution in [1.29, 1.82) is 0 Å². The number of benzene rings is 2. The Labute approximate surface area is 175 Å².